The Morgan fingerprint density at radius 1 is 0.947 bits per heavy atom. The molecule has 2 heteroatoms. The van der Waals surface area contributed by atoms with Crippen molar-refractivity contribution >= 4 is 0 Å². The first kappa shape index (κ1) is 13.6. The number of benzene rings is 2. The van der Waals surface area contributed by atoms with Crippen LogP contribution in [0.15, 0.2) is 54.6 Å². The van der Waals surface area contributed by atoms with Crippen LogP contribution in [0.2, 0.25) is 0 Å². The predicted molar refractivity (Wildman–Crippen MR) is 80.3 cm³/mol. The summed E-state index contributed by atoms with van der Waals surface area (Å²) in [6, 6.07) is 18.6. The van der Waals surface area contributed by atoms with Crippen molar-refractivity contribution in [2.75, 3.05) is 6.61 Å². The first-order valence-electron chi connectivity index (χ1n) is 6.83. The molecule has 0 aromatic heterocycles. The SMILES string of the molecule is CCCC(N)COc1ccc(-c2ccccc2)cc1. The molecule has 2 nitrogen and oxygen atoms in total. The third-order valence-electron chi connectivity index (χ3n) is 3.08. The minimum atomic E-state index is 0.124. The molecule has 0 aliphatic rings. The van der Waals surface area contributed by atoms with Crippen molar-refractivity contribution in [3.63, 3.8) is 0 Å². The van der Waals surface area contributed by atoms with Gasteiger partial charge < -0.3 is 10.5 Å². The van der Waals surface area contributed by atoms with Crippen LogP contribution in [-0.4, -0.2) is 12.6 Å². The van der Waals surface area contributed by atoms with Gasteiger partial charge in [-0.1, -0.05) is 55.8 Å². The lowest BCUT2D eigenvalue weighted by Crippen LogP contribution is -2.27. The minimum absolute atomic E-state index is 0.124. The molecule has 19 heavy (non-hydrogen) atoms. The van der Waals surface area contributed by atoms with Crippen molar-refractivity contribution in [3.05, 3.63) is 54.6 Å². The average molecular weight is 255 g/mol. The van der Waals surface area contributed by atoms with E-state index >= 15 is 0 Å². The molecule has 0 aliphatic heterocycles. The van der Waals surface area contributed by atoms with Crippen LogP contribution in [-0.2, 0) is 0 Å². The molecule has 0 heterocycles. The standard InChI is InChI=1S/C17H21NO/c1-2-6-16(18)13-19-17-11-9-15(10-12-17)14-7-4-3-5-8-14/h3-5,7-12,16H,2,6,13,18H2,1H3. The van der Waals surface area contributed by atoms with Crippen LogP contribution in [0.1, 0.15) is 19.8 Å². The van der Waals surface area contributed by atoms with Crippen LogP contribution in [0.4, 0.5) is 0 Å². The fraction of sp³-hybridized carbons (Fsp3) is 0.294. The topological polar surface area (TPSA) is 35.2 Å². The fourth-order valence-electron chi connectivity index (χ4n) is 2.03. The third-order valence-corrected chi connectivity index (χ3v) is 3.08. The maximum absolute atomic E-state index is 5.93. The van der Waals surface area contributed by atoms with E-state index in [0.717, 1.165) is 18.6 Å². The van der Waals surface area contributed by atoms with Crippen molar-refractivity contribution in [2.24, 2.45) is 5.73 Å². The van der Waals surface area contributed by atoms with Gasteiger partial charge >= 0.3 is 0 Å². The summed E-state index contributed by atoms with van der Waals surface area (Å²) in [4.78, 5) is 0. The van der Waals surface area contributed by atoms with E-state index in [2.05, 4.69) is 31.2 Å². The first-order chi connectivity index (χ1) is 9.29. The Labute approximate surface area is 115 Å². The molecule has 0 radical (unpaired) electrons. The van der Waals surface area contributed by atoms with Gasteiger partial charge in [0, 0.05) is 6.04 Å². The zero-order valence-electron chi connectivity index (χ0n) is 11.4. The largest absolute Gasteiger partial charge is 0.492 e. The highest BCUT2D eigenvalue weighted by Crippen LogP contribution is 2.22. The molecule has 0 spiro atoms. The highest BCUT2D eigenvalue weighted by Gasteiger charge is 2.02. The second kappa shape index (κ2) is 6.95. The summed E-state index contributed by atoms with van der Waals surface area (Å²) in [5, 5.41) is 0. The van der Waals surface area contributed by atoms with E-state index in [4.69, 9.17) is 10.5 Å². The molecule has 2 aromatic carbocycles. The Hall–Kier alpha value is -1.80. The van der Waals surface area contributed by atoms with Gasteiger partial charge in [0.05, 0.1) is 0 Å². The van der Waals surface area contributed by atoms with E-state index in [1.54, 1.807) is 0 Å². The molecule has 2 N–H and O–H groups in total. The number of ether oxygens (including phenoxy) is 1. The van der Waals surface area contributed by atoms with Crippen molar-refractivity contribution < 1.29 is 4.74 Å². The number of hydrogen-bond donors (Lipinski definition) is 1. The molecule has 2 aromatic rings. The van der Waals surface area contributed by atoms with Crippen LogP contribution in [0.25, 0.3) is 11.1 Å². The Morgan fingerprint density at radius 3 is 2.21 bits per heavy atom. The van der Waals surface area contributed by atoms with Gasteiger partial charge in [-0.05, 0) is 29.7 Å². The predicted octanol–water partition coefficient (Wildman–Crippen LogP) is 3.86. The quantitative estimate of drug-likeness (QED) is 0.850. The Kier molecular flexibility index (Phi) is 4.99. The van der Waals surface area contributed by atoms with Gasteiger partial charge in [0.2, 0.25) is 0 Å². The number of rotatable bonds is 6. The van der Waals surface area contributed by atoms with E-state index in [-0.39, 0.29) is 6.04 Å². The van der Waals surface area contributed by atoms with Crippen molar-refractivity contribution in [3.8, 4) is 16.9 Å². The Morgan fingerprint density at radius 2 is 1.58 bits per heavy atom. The Bertz CT molecular complexity index is 478. The monoisotopic (exact) mass is 255 g/mol. The van der Waals surface area contributed by atoms with Gasteiger partial charge in [-0.2, -0.15) is 0 Å². The van der Waals surface area contributed by atoms with E-state index in [1.165, 1.54) is 11.1 Å². The summed E-state index contributed by atoms with van der Waals surface area (Å²) in [6.07, 6.45) is 2.10. The smallest absolute Gasteiger partial charge is 0.119 e. The van der Waals surface area contributed by atoms with E-state index in [1.807, 2.05) is 30.3 Å². The van der Waals surface area contributed by atoms with Gasteiger partial charge in [-0.25, -0.2) is 0 Å². The summed E-state index contributed by atoms with van der Waals surface area (Å²) in [5.74, 6) is 0.881. The molecule has 0 saturated heterocycles. The summed E-state index contributed by atoms with van der Waals surface area (Å²) in [7, 11) is 0. The summed E-state index contributed by atoms with van der Waals surface area (Å²) in [6.45, 7) is 2.72. The van der Waals surface area contributed by atoms with Gasteiger partial charge in [0.25, 0.3) is 0 Å². The van der Waals surface area contributed by atoms with Gasteiger partial charge in [0.15, 0.2) is 0 Å². The number of nitrogens with two attached hydrogens (primary N) is 1. The second-order valence-corrected chi connectivity index (χ2v) is 4.75. The molecule has 2 rings (SSSR count). The van der Waals surface area contributed by atoms with E-state index in [0.29, 0.717) is 6.61 Å². The fourth-order valence-corrected chi connectivity index (χ4v) is 2.03. The molecule has 0 amide bonds. The zero-order chi connectivity index (χ0) is 13.5. The van der Waals surface area contributed by atoms with Crippen molar-refractivity contribution in [2.45, 2.75) is 25.8 Å². The summed E-state index contributed by atoms with van der Waals surface area (Å²) >= 11 is 0. The maximum Gasteiger partial charge on any atom is 0.119 e. The molecule has 100 valence electrons. The normalized spacial score (nSPS) is 12.1. The van der Waals surface area contributed by atoms with Gasteiger partial charge in [0.1, 0.15) is 12.4 Å². The molecule has 0 saturated carbocycles. The molecular formula is C17H21NO. The molecule has 0 bridgehead atoms. The van der Waals surface area contributed by atoms with Crippen LogP contribution in [0, 0.1) is 0 Å². The van der Waals surface area contributed by atoms with E-state index in [9.17, 15) is 0 Å². The summed E-state index contributed by atoms with van der Waals surface area (Å²) < 4.78 is 5.69. The van der Waals surface area contributed by atoms with Crippen LogP contribution in [0.5, 0.6) is 5.75 Å². The maximum atomic E-state index is 5.93. The van der Waals surface area contributed by atoms with Crippen molar-refractivity contribution in [1.29, 1.82) is 0 Å². The average Bonchev–Trinajstić information content (AvgIpc) is 2.47. The molecule has 1 unspecified atom stereocenters. The Balaban J connectivity index is 1.95. The van der Waals surface area contributed by atoms with Crippen LogP contribution in [0.3, 0.4) is 0 Å². The summed E-state index contributed by atoms with van der Waals surface area (Å²) in [5.41, 5.74) is 8.35. The van der Waals surface area contributed by atoms with Gasteiger partial charge in [-0.3, -0.25) is 0 Å². The van der Waals surface area contributed by atoms with Crippen LogP contribution < -0.4 is 10.5 Å². The lowest BCUT2D eigenvalue weighted by Gasteiger charge is -2.12. The highest BCUT2D eigenvalue weighted by atomic mass is 16.5. The first-order valence-corrected chi connectivity index (χ1v) is 6.83. The lowest BCUT2D eigenvalue weighted by atomic mass is 10.1. The number of hydrogen-bond acceptors (Lipinski definition) is 2. The van der Waals surface area contributed by atoms with Crippen molar-refractivity contribution in [1.82, 2.24) is 0 Å². The molecular weight excluding hydrogens is 234 g/mol. The van der Waals surface area contributed by atoms with E-state index < -0.39 is 0 Å². The molecule has 1 atom stereocenters. The zero-order valence-corrected chi connectivity index (χ0v) is 11.4. The van der Waals surface area contributed by atoms with Crippen LogP contribution >= 0.6 is 0 Å². The molecule has 0 aliphatic carbocycles. The van der Waals surface area contributed by atoms with Gasteiger partial charge in [-0.15, -0.1) is 0 Å². The molecule has 0 fully saturated rings. The highest BCUT2D eigenvalue weighted by molar-refractivity contribution is 5.63. The third kappa shape index (κ3) is 4.11. The minimum Gasteiger partial charge on any atom is -0.492 e. The second-order valence-electron chi connectivity index (χ2n) is 4.75. The lowest BCUT2D eigenvalue weighted by molar-refractivity contribution is 0.281.